The fraction of sp³-hybridized carbons (Fsp3) is 0.0952. The van der Waals surface area contributed by atoms with Crippen molar-refractivity contribution in [3.05, 3.63) is 77.1 Å². The second-order valence-corrected chi connectivity index (χ2v) is 6.60. The number of carbonyl (C=O) groups is 1. The first-order valence-electron chi connectivity index (χ1n) is 8.92. The summed E-state index contributed by atoms with van der Waals surface area (Å²) in [6, 6.07) is 11.2. The molecule has 2 aromatic carbocycles. The van der Waals surface area contributed by atoms with Crippen molar-refractivity contribution in [1.82, 2.24) is 14.9 Å². The fourth-order valence-corrected chi connectivity index (χ4v) is 3.22. The molecule has 4 rings (SSSR count). The Morgan fingerprint density at radius 2 is 1.97 bits per heavy atom. The molecule has 0 fully saturated rings. The summed E-state index contributed by atoms with van der Waals surface area (Å²) >= 11 is 6.10. The number of esters is 1. The zero-order valence-electron chi connectivity index (χ0n) is 15.6. The lowest BCUT2D eigenvalue weighted by molar-refractivity contribution is 0.0516. The second-order valence-electron chi connectivity index (χ2n) is 6.19. The van der Waals surface area contributed by atoms with Crippen molar-refractivity contribution in [2.45, 2.75) is 6.92 Å². The minimum atomic E-state index is -0.656. The summed E-state index contributed by atoms with van der Waals surface area (Å²) in [6.45, 7) is 1.81. The highest BCUT2D eigenvalue weighted by Gasteiger charge is 2.25. The van der Waals surface area contributed by atoms with Crippen LogP contribution in [-0.4, -0.2) is 27.5 Å². The number of hydrogen-bond donors (Lipinski definition) is 0. The Hall–Kier alpha value is -3.52. The summed E-state index contributed by atoms with van der Waals surface area (Å²) in [4.78, 5) is 12.6. The third kappa shape index (κ3) is 3.57. The summed E-state index contributed by atoms with van der Waals surface area (Å²) in [5, 5.41) is 8.27. The topological polar surface area (TPSA) is 70.2 Å². The molecule has 0 aliphatic heterocycles. The Bertz CT molecular complexity index is 1200. The van der Waals surface area contributed by atoms with Crippen molar-refractivity contribution in [1.29, 1.82) is 0 Å². The zero-order valence-corrected chi connectivity index (χ0v) is 16.4. The summed E-state index contributed by atoms with van der Waals surface area (Å²) in [6.07, 6.45) is 1.39. The molecule has 4 aromatic rings. The Morgan fingerprint density at radius 3 is 2.67 bits per heavy atom. The lowest BCUT2D eigenvalue weighted by Gasteiger charge is -2.08. The summed E-state index contributed by atoms with van der Waals surface area (Å²) in [5.41, 5.74) is 1.03. The highest BCUT2D eigenvalue weighted by atomic mass is 35.5. The highest BCUT2D eigenvalue weighted by molar-refractivity contribution is 6.33. The van der Waals surface area contributed by atoms with E-state index < -0.39 is 17.6 Å². The monoisotopic (exact) mass is 429 g/mol. The largest absolute Gasteiger partial charge is 0.461 e. The van der Waals surface area contributed by atoms with E-state index in [-0.39, 0.29) is 39.9 Å². The molecule has 0 unspecified atom stereocenters. The number of benzene rings is 2. The second kappa shape index (κ2) is 8.08. The van der Waals surface area contributed by atoms with Gasteiger partial charge in [0.25, 0.3) is 0 Å². The maximum absolute atomic E-state index is 14.2. The van der Waals surface area contributed by atoms with Crippen LogP contribution in [-0.2, 0) is 4.74 Å². The highest BCUT2D eigenvalue weighted by Crippen LogP contribution is 2.34. The van der Waals surface area contributed by atoms with Gasteiger partial charge in [-0.05, 0) is 43.3 Å². The lowest BCUT2D eigenvalue weighted by Crippen LogP contribution is -2.13. The molecule has 0 saturated carbocycles. The Morgan fingerprint density at radius 1 is 1.20 bits per heavy atom. The van der Waals surface area contributed by atoms with E-state index in [1.54, 1.807) is 6.92 Å². The molecule has 30 heavy (non-hydrogen) atoms. The van der Waals surface area contributed by atoms with Crippen LogP contribution in [0.3, 0.4) is 0 Å². The molecule has 0 amide bonds. The Labute approximate surface area is 174 Å². The van der Waals surface area contributed by atoms with Crippen molar-refractivity contribution in [3.8, 4) is 28.3 Å². The van der Waals surface area contributed by atoms with Crippen LogP contribution in [0.15, 0.2) is 59.3 Å². The standard InChI is InChI=1S/C21H14ClF2N3O3/c1-2-29-21(28)20-14(11-25-27(20)13-8-6-12(23)7-9-13)18-10-17(26-30-18)19-15(22)4-3-5-16(19)24/h3-11H,2H2,1H3. The van der Waals surface area contributed by atoms with Crippen molar-refractivity contribution in [3.63, 3.8) is 0 Å². The minimum absolute atomic E-state index is 0.0609. The Kier molecular flexibility index (Phi) is 5.33. The van der Waals surface area contributed by atoms with Gasteiger partial charge in [-0.25, -0.2) is 18.3 Å². The van der Waals surface area contributed by atoms with Gasteiger partial charge < -0.3 is 9.26 Å². The molecule has 0 aliphatic rings. The first kappa shape index (κ1) is 19.8. The quantitative estimate of drug-likeness (QED) is 0.402. The molecular formula is C21H14ClF2N3O3. The fourth-order valence-electron chi connectivity index (χ4n) is 2.97. The maximum atomic E-state index is 14.2. The van der Waals surface area contributed by atoms with E-state index in [4.69, 9.17) is 20.9 Å². The van der Waals surface area contributed by atoms with Gasteiger partial charge in [0.2, 0.25) is 0 Å². The van der Waals surface area contributed by atoms with Gasteiger partial charge in [-0.3, -0.25) is 0 Å². The van der Waals surface area contributed by atoms with E-state index in [1.807, 2.05) is 0 Å². The zero-order chi connectivity index (χ0) is 21.3. The van der Waals surface area contributed by atoms with Gasteiger partial charge in [0.05, 0.1) is 34.6 Å². The van der Waals surface area contributed by atoms with Crippen LogP contribution in [0.25, 0.3) is 28.3 Å². The van der Waals surface area contributed by atoms with Gasteiger partial charge in [0.15, 0.2) is 11.5 Å². The van der Waals surface area contributed by atoms with E-state index in [0.29, 0.717) is 5.69 Å². The lowest BCUT2D eigenvalue weighted by atomic mass is 10.1. The van der Waals surface area contributed by atoms with Gasteiger partial charge in [0, 0.05) is 6.07 Å². The van der Waals surface area contributed by atoms with Crippen molar-refractivity contribution < 1.29 is 22.8 Å². The first-order chi connectivity index (χ1) is 14.5. The van der Waals surface area contributed by atoms with Gasteiger partial charge >= 0.3 is 5.97 Å². The molecule has 0 aliphatic carbocycles. The SMILES string of the molecule is CCOC(=O)c1c(-c2cc(-c3c(F)cccc3Cl)no2)cnn1-c1ccc(F)cc1. The molecule has 2 heterocycles. The molecule has 0 spiro atoms. The van der Waals surface area contributed by atoms with Crippen LogP contribution < -0.4 is 0 Å². The predicted octanol–water partition coefficient (Wildman–Crippen LogP) is 5.30. The van der Waals surface area contributed by atoms with Crippen molar-refractivity contribution in [2.75, 3.05) is 6.61 Å². The molecule has 0 radical (unpaired) electrons. The van der Waals surface area contributed by atoms with Gasteiger partial charge in [-0.1, -0.05) is 22.8 Å². The van der Waals surface area contributed by atoms with Crippen LogP contribution in [0.2, 0.25) is 5.02 Å². The summed E-state index contributed by atoms with van der Waals surface area (Å²) in [5.74, 6) is -1.47. The smallest absolute Gasteiger partial charge is 0.357 e. The third-order valence-electron chi connectivity index (χ3n) is 4.30. The summed E-state index contributed by atoms with van der Waals surface area (Å²) in [7, 11) is 0. The summed E-state index contributed by atoms with van der Waals surface area (Å²) < 4.78 is 39.3. The number of aromatic nitrogens is 3. The van der Waals surface area contributed by atoms with Crippen LogP contribution in [0, 0.1) is 11.6 Å². The number of ether oxygens (including phenoxy) is 1. The van der Waals surface area contributed by atoms with E-state index >= 15 is 0 Å². The number of rotatable bonds is 5. The van der Waals surface area contributed by atoms with Crippen LogP contribution >= 0.6 is 11.6 Å². The molecule has 0 saturated heterocycles. The van der Waals surface area contributed by atoms with E-state index in [9.17, 15) is 13.6 Å². The van der Waals surface area contributed by atoms with E-state index in [2.05, 4.69) is 10.3 Å². The molecule has 0 N–H and O–H groups in total. The van der Waals surface area contributed by atoms with Gasteiger partial charge in [-0.15, -0.1) is 0 Å². The average molecular weight is 430 g/mol. The molecule has 152 valence electrons. The van der Waals surface area contributed by atoms with Gasteiger partial charge in [0.1, 0.15) is 17.3 Å². The minimum Gasteiger partial charge on any atom is -0.461 e. The van der Waals surface area contributed by atoms with Gasteiger partial charge in [-0.2, -0.15) is 5.10 Å². The van der Waals surface area contributed by atoms with Crippen molar-refractivity contribution >= 4 is 17.6 Å². The third-order valence-corrected chi connectivity index (χ3v) is 4.62. The van der Waals surface area contributed by atoms with E-state index in [1.165, 1.54) is 59.4 Å². The predicted molar refractivity (Wildman–Crippen MR) is 105 cm³/mol. The normalized spacial score (nSPS) is 10.9. The average Bonchev–Trinajstić information content (AvgIpc) is 3.36. The van der Waals surface area contributed by atoms with Crippen LogP contribution in [0.1, 0.15) is 17.4 Å². The maximum Gasteiger partial charge on any atom is 0.357 e. The molecule has 0 bridgehead atoms. The number of nitrogens with zero attached hydrogens (tertiary/aromatic N) is 3. The molecule has 2 aromatic heterocycles. The Balaban J connectivity index is 1.83. The molecule has 9 heteroatoms. The van der Waals surface area contributed by atoms with E-state index in [0.717, 1.165) is 0 Å². The first-order valence-corrected chi connectivity index (χ1v) is 9.30. The molecule has 6 nitrogen and oxygen atoms in total. The number of hydrogen-bond acceptors (Lipinski definition) is 5. The number of carbonyl (C=O) groups excluding carboxylic acids is 1. The molecule has 0 atom stereocenters. The molecular weight excluding hydrogens is 416 g/mol. The number of halogens is 3. The van der Waals surface area contributed by atoms with Crippen LogP contribution in [0.4, 0.5) is 8.78 Å². The van der Waals surface area contributed by atoms with Crippen LogP contribution in [0.5, 0.6) is 0 Å². The van der Waals surface area contributed by atoms with Crippen molar-refractivity contribution in [2.24, 2.45) is 0 Å².